The third-order valence-corrected chi connectivity index (χ3v) is 5.61. The van der Waals surface area contributed by atoms with E-state index in [1.54, 1.807) is 41.3 Å². The van der Waals surface area contributed by atoms with E-state index in [0.29, 0.717) is 37.2 Å². The summed E-state index contributed by atoms with van der Waals surface area (Å²) in [7, 11) is 0. The van der Waals surface area contributed by atoms with Crippen molar-refractivity contribution in [2.45, 2.75) is 19.4 Å². The number of carbonyl (C=O) groups excluding carboxylic acids is 4. The quantitative estimate of drug-likeness (QED) is 0.690. The van der Waals surface area contributed by atoms with Crippen molar-refractivity contribution >= 4 is 23.6 Å². The predicted molar refractivity (Wildman–Crippen MR) is 109 cm³/mol. The summed E-state index contributed by atoms with van der Waals surface area (Å²) < 4.78 is 13.0. The van der Waals surface area contributed by atoms with Gasteiger partial charge < -0.3 is 10.2 Å². The Bertz CT molecular complexity index is 1000. The molecule has 1 atom stereocenters. The van der Waals surface area contributed by atoms with Gasteiger partial charge in [-0.15, -0.1) is 0 Å². The third kappa shape index (κ3) is 4.47. The van der Waals surface area contributed by atoms with Crippen LogP contribution >= 0.6 is 0 Å². The van der Waals surface area contributed by atoms with E-state index in [1.807, 2.05) is 0 Å². The van der Waals surface area contributed by atoms with Crippen LogP contribution in [0.5, 0.6) is 0 Å². The van der Waals surface area contributed by atoms with Gasteiger partial charge >= 0.3 is 0 Å². The first-order valence-corrected chi connectivity index (χ1v) is 10.2. The zero-order valence-corrected chi connectivity index (χ0v) is 16.8. The van der Waals surface area contributed by atoms with E-state index in [4.69, 9.17) is 0 Å². The molecule has 2 aliphatic rings. The predicted octanol–water partition coefficient (Wildman–Crippen LogP) is 1.98. The number of nitrogens with zero attached hydrogens (tertiary/aromatic N) is 2. The molecule has 0 spiro atoms. The number of nitrogens with one attached hydrogen (secondary N) is 1. The van der Waals surface area contributed by atoms with E-state index in [9.17, 15) is 23.6 Å². The molecule has 1 unspecified atom stereocenters. The van der Waals surface area contributed by atoms with Crippen molar-refractivity contribution in [1.82, 2.24) is 15.1 Å². The zero-order valence-electron chi connectivity index (χ0n) is 16.8. The normalized spacial score (nSPS) is 18.0. The Hall–Kier alpha value is -3.55. The van der Waals surface area contributed by atoms with E-state index in [1.165, 1.54) is 12.1 Å². The highest BCUT2D eigenvalue weighted by Gasteiger charge is 2.35. The molecule has 1 N–H and O–H groups in total. The average Bonchev–Trinajstić information content (AvgIpc) is 3.23. The summed E-state index contributed by atoms with van der Waals surface area (Å²) in [5.74, 6) is -1.39. The lowest BCUT2D eigenvalue weighted by Gasteiger charge is -2.17. The maximum absolute atomic E-state index is 13.0. The molecule has 0 aliphatic carbocycles. The Labute approximate surface area is 178 Å². The van der Waals surface area contributed by atoms with Gasteiger partial charge in [0.25, 0.3) is 11.8 Å². The highest BCUT2D eigenvalue weighted by molar-refractivity contribution is 6.21. The van der Waals surface area contributed by atoms with Crippen LogP contribution in [0.2, 0.25) is 0 Å². The van der Waals surface area contributed by atoms with Crippen molar-refractivity contribution in [2.24, 2.45) is 5.92 Å². The Morgan fingerprint density at radius 3 is 2.29 bits per heavy atom. The Balaban J connectivity index is 1.22. The summed E-state index contributed by atoms with van der Waals surface area (Å²) in [6.07, 6.45) is 0.339. The van der Waals surface area contributed by atoms with Crippen molar-refractivity contribution < 1.29 is 23.6 Å². The van der Waals surface area contributed by atoms with Gasteiger partial charge in [-0.1, -0.05) is 24.3 Å². The van der Waals surface area contributed by atoms with Gasteiger partial charge in [-0.25, -0.2) is 4.39 Å². The number of hydrogen-bond acceptors (Lipinski definition) is 4. The Morgan fingerprint density at radius 1 is 1.00 bits per heavy atom. The van der Waals surface area contributed by atoms with Crippen LogP contribution in [0.15, 0.2) is 48.5 Å². The van der Waals surface area contributed by atoms with Gasteiger partial charge in [-0.05, 0) is 29.8 Å². The average molecular weight is 423 g/mol. The number of amides is 4. The lowest BCUT2D eigenvalue weighted by Crippen LogP contribution is -2.36. The number of likely N-dealkylation sites (tertiary alicyclic amines) is 1. The minimum Gasteiger partial charge on any atom is -0.356 e. The second-order valence-electron chi connectivity index (χ2n) is 7.83. The summed E-state index contributed by atoms with van der Waals surface area (Å²) in [5.41, 5.74) is 1.57. The van der Waals surface area contributed by atoms with E-state index in [0.717, 1.165) is 10.5 Å². The van der Waals surface area contributed by atoms with E-state index < -0.39 is 0 Å². The first kappa shape index (κ1) is 20.7. The number of rotatable bonds is 7. The number of carbonyl (C=O) groups is 4. The molecule has 7 nitrogen and oxygen atoms in total. The van der Waals surface area contributed by atoms with Crippen molar-refractivity contribution in [3.05, 3.63) is 71.0 Å². The monoisotopic (exact) mass is 423 g/mol. The smallest absolute Gasteiger partial charge is 0.261 e. The highest BCUT2D eigenvalue weighted by atomic mass is 19.1. The van der Waals surface area contributed by atoms with Gasteiger partial charge in [0.1, 0.15) is 5.82 Å². The molecule has 31 heavy (non-hydrogen) atoms. The van der Waals surface area contributed by atoms with E-state index >= 15 is 0 Å². The minimum absolute atomic E-state index is 0.00500. The van der Waals surface area contributed by atoms with Crippen LogP contribution in [-0.4, -0.2) is 53.1 Å². The third-order valence-electron chi connectivity index (χ3n) is 5.61. The molecule has 2 aliphatic heterocycles. The van der Waals surface area contributed by atoms with Crippen LogP contribution in [0, 0.1) is 11.7 Å². The SMILES string of the molecule is O=C(CCN1C(=O)c2ccccc2C1=O)NCC1CC(=O)N(Cc2ccc(F)cc2)C1. The van der Waals surface area contributed by atoms with Crippen LogP contribution in [0.25, 0.3) is 0 Å². The number of halogens is 1. The van der Waals surface area contributed by atoms with Gasteiger partial charge in [-0.3, -0.25) is 24.1 Å². The van der Waals surface area contributed by atoms with Gasteiger partial charge in [-0.2, -0.15) is 0 Å². The van der Waals surface area contributed by atoms with Crippen molar-refractivity contribution in [3.8, 4) is 0 Å². The molecule has 2 aromatic carbocycles. The van der Waals surface area contributed by atoms with Gasteiger partial charge in [0.05, 0.1) is 11.1 Å². The van der Waals surface area contributed by atoms with Gasteiger partial charge in [0.2, 0.25) is 11.8 Å². The van der Waals surface area contributed by atoms with Crippen molar-refractivity contribution in [3.63, 3.8) is 0 Å². The molecule has 2 aromatic rings. The molecule has 0 saturated carbocycles. The van der Waals surface area contributed by atoms with Crippen LogP contribution in [-0.2, 0) is 16.1 Å². The molecular weight excluding hydrogens is 401 g/mol. The lowest BCUT2D eigenvalue weighted by atomic mass is 10.1. The molecule has 0 bridgehead atoms. The molecule has 0 aromatic heterocycles. The zero-order chi connectivity index (χ0) is 22.0. The summed E-state index contributed by atoms with van der Waals surface area (Å²) in [6, 6.07) is 12.6. The summed E-state index contributed by atoms with van der Waals surface area (Å²) in [4.78, 5) is 51.9. The first-order chi connectivity index (χ1) is 14.9. The van der Waals surface area contributed by atoms with E-state index in [2.05, 4.69) is 5.32 Å². The second kappa shape index (κ2) is 8.67. The van der Waals surface area contributed by atoms with Crippen LogP contribution in [0.4, 0.5) is 4.39 Å². The Kier molecular flexibility index (Phi) is 5.79. The first-order valence-electron chi connectivity index (χ1n) is 10.2. The number of imide groups is 1. The minimum atomic E-state index is -0.383. The summed E-state index contributed by atoms with van der Waals surface area (Å²) >= 11 is 0. The van der Waals surface area contributed by atoms with Crippen LogP contribution in [0.3, 0.4) is 0 Å². The maximum Gasteiger partial charge on any atom is 0.261 e. The maximum atomic E-state index is 13.0. The number of hydrogen-bond donors (Lipinski definition) is 1. The molecule has 8 heteroatoms. The molecule has 1 saturated heterocycles. The lowest BCUT2D eigenvalue weighted by molar-refractivity contribution is -0.128. The van der Waals surface area contributed by atoms with Gasteiger partial charge in [0, 0.05) is 44.9 Å². The largest absolute Gasteiger partial charge is 0.356 e. The number of fused-ring (bicyclic) bond motifs is 1. The molecule has 0 radical (unpaired) electrons. The van der Waals surface area contributed by atoms with Crippen molar-refractivity contribution in [1.29, 1.82) is 0 Å². The van der Waals surface area contributed by atoms with Crippen LogP contribution in [0.1, 0.15) is 39.1 Å². The molecule has 4 amide bonds. The van der Waals surface area contributed by atoms with Crippen LogP contribution < -0.4 is 5.32 Å². The highest BCUT2D eigenvalue weighted by Crippen LogP contribution is 2.23. The fraction of sp³-hybridized carbons (Fsp3) is 0.304. The molecule has 2 heterocycles. The second-order valence-corrected chi connectivity index (χ2v) is 7.83. The van der Waals surface area contributed by atoms with E-state index in [-0.39, 0.29) is 48.3 Å². The summed E-state index contributed by atoms with van der Waals surface area (Å²) in [5, 5.41) is 2.80. The molecular formula is C23H22FN3O4. The standard InChI is InChI=1S/C23H22FN3O4/c24-17-7-5-15(6-8-17)13-26-14-16(11-21(26)29)12-25-20(28)9-10-27-22(30)18-3-1-2-4-19(18)23(27)31/h1-8,16H,9-14H2,(H,25,28). The topological polar surface area (TPSA) is 86.8 Å². The fourth-order valence-electron chi connectivity index (χ4n) is 3.96. The molecule has 160 valence electrons. The Morgan fingerprint density at radius 2 is 1.65 bits per heavy atom. The van der Waals surface area contributed by atoms with Gasteiger partial charge in [0.15, 0.2) is 0 Å². The molecule has 4 rings (SSSR count). The van der Waals surface area contributed by atoms with Crippen molar-refractivity contribution in [2.75, 3.05) is 19.6 Å². The number of benzene rings is 2. The summed E-state index contributed by atoms with van der Waals surface area (Å²) in [6.45, 7) is 1.27. The fourth-order valence-corrected chi connectivity index (χ4v) is 3.96. The molecule has 1 fully saturated rings.